The van der Waals surface area contributed by atoms with E-state index in [0.717, 1.165) is 19.3 Å². The maximum Gasteiger partial charge on any atom is 0.243 e. The lowest BCUT2D eigenvalue weighted by Gasteiger charge is -2.36. The molecule has 0 radical (unpaired) electrons. The fraction of sp³-hybridized carbons (Fsp3) is 0.500. The Balaban J connectivity index is 0.00000220. The molecule has 0 aromatic heterocycles. The quantitative estimate of drug-likeness (QED) is 0.917. The Hall–Kier alpha value is -1.13. The van der Waals surface area contributed by atoms with Crippen molar-refractivity contribution in [3.8, 4) is 6.07 Å². The minimum absolute atomic E-state index is 0. The maximum atomic E-state index is 12.7. The largest absolute Gasteiger partial charge is 0.326 e. The van der Waals surface area contributed by atoms with E-state index < -0.39 is 10.0 Å². The van der Waals surface area contributed by atoms with Crippen LogP contribution in [-0.4, -0.2) is 31.4 Å². The molecular formula is C14H20ClN3O2S. The van der Waals surface area contributed by atoms with Crippen LogP contribution in [0.5, 0.6) is 0 Å². The third-order valence-corrected chi connectivity index (χ3v) is 5.63. The number of rotatable bonds is 3. The highest BCUT2D eigenvalue weighted by atomic mass is 35.5. The smallest absolute Gasteiger partial charge is 0.243 e. The first kappa shape index (κ1) is 17.9. The van der Waals surface area contributed by atoms with E-state index in [0.29, 0.717) is 12.1 Å². The number of halogens is 1. The monoisotopic (exact) mass is 329 g/mol. The van der Waals surface area contributed by atoms with Crippen molar-refractivity contribution in [3.63, 3.8) is 0 Å². The first-order valence-electron chi connectivity index (χ1n) is 6.74. The molecule has 7 heteroatoms. The number of nitrogens with zero attached hydrogens (tertiary/aromatic N) is 2. The molecule has 5 nitrogen and oxygen atoms in total. The van der Waals surface area contributed by atoms with Gasteiger partial charge in [-0.05, 0) is 44.0 Å². The Bertz CT molecular complexity index is 608. The van der Waals surface area contributed by atoms with E-state index in [1.54, 1.807) is 0 Å². The Labute approximate surface area is 132 Å². The van der Waals surface area contributed by atoms with Gasteiger partial charge in [-0.25, -0.2) is 8.42 Å². The molecule has 2 unspecified atom stereocenters. The number of hydrogen-bond acceptors (Lipinski definition) is 4. The van der Waals surface area contributed by atoms with E-state index in [1.807, 2.05) is 13.0 Å². The second kappa shape index (κ2) is 7.23. The Morgan fingerprint density at radius 1 is 1.33 bits per heavy atom. The summed E-state index contributed by atoms with van der Waals surface area (Å²) in [6.07, 6.45) is 2.66. The molecule has 1 aromatic rings. The highest BCUT2D eigenvalue weighted by Gasteiger charge is 2.35. The summed E-state index contributed by atoms with van der Waals surface area (Å²) in [6.45, 7) is 2.35. The van der Waals surface area contributed by atoms with Gasteiger partial charge >= 0.3 is 0 Å². The van der Waals surface area contributed by atoms with Gasteiger partial charge in [0.15, 0.2) is 0 Å². The molecule has 0 bridgehead atoms. The summed E-state index contributed by atoms with van der Waals surface area (Å²) in [4.78, 5) is 0.226. The van der Waals surface area contributed by atoms with Crippen molar-refractivity contribution < 1.29 is 8.42 Å². The highest BCUT2D eigenvalue weighted by molar-refractivity contribution is 7.89. The summed E-state index contributed by atoms with van der Waals surface area (Å²) < 4.78 is 26.9. The molecule has 1 fully saturated rings. The normalized spacial score (nSPS) is 21.1. The second-order valence-corrected chi connectivity index (χ2v) is 7.06. The van der Waals surface area contributed by atoms with Crippen LogP contribution in [0.3, 0.4) is 0 Å². The molecule has 1 saturated heterocycles. The van der Waals surface area contributed by atoms with Gasteiger partial charge in [-0.1, -0.05) is 6.42 Å². The zero-order chi connectivity index (χ0) is 14.8. The average molecular weight is 330 g/mol. The van der Waals surface area contributed by atoms with Crippen LogP contribution < -0.4 is 5.73 Å². The van der Waals surface area contributed by atoms with Crippen molar-refractivity contribution in [2.75, 3.05) is 6.54 Å². The fourth-order valence-electron chi connectivity index (χ4n) is 2.59. The van der Waals surface area contributed by atoms with Crippen LogP contribution in [0.4, 0.5) is 0 Å². The van der Waals surface area contributed by atoms with E-state index in [4.69, 9.17) is 11.0 Å². The molecule has 1 heterocycles. The summed E-state index contributed by atoms with van der Waals surface area (Å²) in [6, 6.07) is 7.67. The zero-order valence-electron chi connectivity index (χ0n) is 11.9. The lowest BCUT2D eigenvalue weighted by atomic mass is 10.00. The van der Waals surface area contributed by atoms with E-state index in [1.165, 1.54) is 28.6 Å². The van der Waals surface area contributed by atoms with Crippen LogP contribution in [0.1, 0.15) is 31.7 Å². The van der Waals surface area contributed by atoms with Gasteiger partial charge in [0.2, 0.25) is 10.0 Å². The molecule has 0 aliphatic carbocycles. The van der Waals surface area contributed by atoms with E-state index in [2.05, 4.69) is 0 Å². The molecule has 0 spiro atoms. The number of nitriles is 1. The van der Waals surface area contributed by atoms with Crippen LogP contribution >= 0.6 is 12.4 Å². The first-order valence-corrected chi connectivity index (χ1v) is 8.18. The molecule has 1 aliphatic heterocycles. The third-order valence-electron chi connectivity index (χ3n) is 3.70. The van der Waals surface area contributed by atoms with E-state index in [-0.39, 0.29) is 29.4 Å². The fourth-order valence-corrected chi connectivity index (χ4v) is 4.37. The Morgan fingerprint density at radius 2 is 1.95 bits per heavy atom. The van der Waals surface area contributed by atoms with Crippen molar-refractivity contribution in [1.29, 1.82) is 5.26 Å². The minimum Gasteiger partial charge on any atom is -0.326 e. The van der Waals surface area contributed by atoms with Gasteiger partial charge in [-0.2, -0.15) is 9.57 Å². The number of sulfonamides is 1. The SMILES string of the molecule is CC(N)C1CCCCN1S(=O)(=O)c1ccc(C#N)cc1.Cl. The predicted octanol–water partition coefficient (Wildman–Crippen LogP) is 1.87. The van der Waals surface area contributed by atoms with Gasteiger partial charge in [-0.3, -0.25) is 0 Å². The second-order valence-electron chi connectivity index (χ2n) is 5.17. The standard InChI is InChI=1S/C14H19N3O2S.ClH/c1-11(16)14-4-2-3-9-17(14)20(18,19)13-7-5-12(10-15)6-8-13;/h5-8,11,14H,2-4,9,16H2,1H3;1H. The van der Waals surface area contributed by atoms with E-state index >= 15 is 0 Å². The van der Waals surface area contributed by atoms with Crippen LogP contribution in [0.25, 0.3) is 0 Å². The predicted molar refractivity (Wildman–Crippen MR) is 83.6 cm³/mol. The summed E-state index contributed by atoms with van der Waals surface area (Å²) in [5.41, 5.74) is 6.38. The third kappa shape index (κ3) is 3.74. The highest BCUT2D eigenvalue weighted by Crippen LogP contribution is 2.26. The lowest BCUT2D eigenvalue weighted by Crippen LogP contribution is -2.51. The number of piperidine rings is 1. The van der Waals surface area contributed by atoms with Crippen molar-refractivity contribution in [1.82, 2.24) is 4.31 Å². The molecule has 1 aliphatic rings. The zero-order valence-corrected chi connectivity index (χ0v) is 13.5. The Morgan fingerprint density at radius 3 is 2.48 bits per heavy atom. The summed E-state index contributed by atoms with van der Waals surface area (Å²) in [5, 5.41) is 8.77. The molecule has 2 N–H and O–H groups in total. The molecular weight excluding hydrogens is 310 g/mol. The topological polar surface area (TPSA) is 87.2 Å². The van der Waals surface area contributed by atoms with Gasteiger partial charge < -0.3 is 5.73 Å². The molecule has 2 atom stereocenters. The maximum absolute atomic E-state index is 12.7. The van der Waals surface area contributed by atoms with Crippen LogP contribution in [0, 0.1) is 11.3 Å². The molecule has 116 valence electrons. The molecule has 1 aromatic carbocycles. The van der Waals surface area contributed by atoms with Crippen LogP contribution in [0.2, 0.25) is 0 Å². The van der Waals surface area contributed by atoms with Crippen LogP contribution in [-0.2, 0) is 10.0 Å². The lowest BCUT2D eigenvalue weighted by molar-refractivity contribution is 0.227. The summed E-state index contributed by atoms with van der Waals surface area (Å²) in [5.74, 6) is 0. The van der Waals surface area contributed by atoms with Gasteiger partial charge in [-0.15, -0.1) is 12.4 Å². The van der Waals surface area contributed by atoms with E-state index in [9.17, 15) is 8.42 Å². The van der Waals surface area contributed by atoms with Crippen molar-refractivity contribution in [2.45, 2.75) is 43.2 Å². The Kier molecular flexibility index (Phi) is 6.17. The number of nitrogens with two attached hydrogens (primary N) is 1. The van der Waals surface area contributed by atoms with Crippen molar-refractivity contribution >= 4 is 22.4 Å². The van der Waals surface area contributed by atoms with Gasteiger partial charge in [0.05, 0.1) is 16.5 Å². The molecule has 0 amide bonds. The first-order chi connectivity index (χ1) is 9.46. The van der Waals surface area contributed by atoms with Gasteiger partial charge in [0.25, 0.3) is 0 Å². The van der Waals surface area contributed by atoms with Crippen molar-refractivity contribution in [3.05, 3.63) is 29.8 Å². The molecule has 0 saturated carbocycles. The summed E-state index contributed by atoms with van der Waals surface area (Å²) >= 11 is 0. The van der Waals surface area contributed by atoms with Gasteiger partial charge in [0, 0.05) is 18.6 Å². The minimum atomic E-state index is -3.54. The number of hydrogen-bond donors (Lipinski definition) is 1. The molecule has 2 rings (SSSR count). The average Bonchev–Trinajstić information content (AvgIpc) is 2.47. The molecule has 21 heavy (non-hydrogen) atoms. The number of benzene rings is 1. The van der Waals surface area contributed by atoms with Crippen molar-refractivity contribution in [2.24, 2.45) is 5.73 Å². The summed E-state index contributed by atoms with van der Waals surface area (Å²) in [7, 11) is -3.54. The van der Waals surface area contributed by atoms with Gasteiger partial charge in [0.1, 0.15) is 0 Å². The van der Waals surface area contributed by atoms with Crippen LogP contribution in [0.15, 0.2) is 29.2 Å².